The molecule has 2 fully saturated rings. The van der Waals surface area contributed by atoms with Crippen LogP contribution < -0.4 is 32.1 Å². The standard InChI is InChI=1S/C32H39N9O3/c1-5-39-26-18-22-23(19-27(26)40(6-2)32(39)44)29(38-15-11-33-12-16-38)35-34-28(22)37-13-9-21(10-14-37)41-30(42)24-17-20(3)7-8-25(24)36(4)31(41)43/h7-8,17-19,21,33H,5-6,9-16H2,1-4H3. The molecular weight excluding hydrogens is 558 g/mol. The summed E-state index contributed by atoms with van der Waals surface area (Å²) in [7, 11) is 1.73. The van der Waals surface area contributed by atoms with Gasteiger partial charge in [0.15, 0.2) is 11.6 Å². The number of nitrogens with one attached hydrogen (secondary N) is 1. The van der Waals surface area contributed by atoms with Crippen LogP contribution >= 0.6 is 0 Å². The Bertz CT molecular complexity index is 2090. The van der Waals surface area contributed by atoms with Crippen molar-refractivity contribution in [2.75, 3.05) is 49.1 Å². The molecular formula is C32H39N9O3. The van der Waals surface area contributed by atoms with Gasteiger partial charge in [0.2, 0.25) is 0 Å². The van der Waals surface area contributed by atoms with Gasteiger partial charge in [0.25, 0.3) is 5.56 Å². The molecule has 0 aliphatic carbocycles. The molecule has 2 aromatic carbocycles. The highest BCUT2D eigenvalue weighted by atomic mass is 16.2. The Balaban J connectivity index is 1.30. The van der Waals surface area contributed by atoms with Crippen LogP contribution in [0.3, 0.4) is 0 Å². The summed E-state index contributed by atoms with van der Waals surface area (Å²) >= 11 is 0. The van der Waals surface area contributed by atoms with Crippen LogP contribution in [-0.2, 0) is 20.1 Å². The second kappa shape index (κ2) is 10.9. The van der Waals surface area contributed by atoms with Gasteiger partial charge in [0.1, 0.15) is 0 Å². The molecule has 3 aromatic heterocycles. The van der Waals surface area contributed by atoms with E-state index in [1.54, 1.807) is 11.6 Å². The third-order valence-corrected chi connectivity index (χ3v) is 9.51. The highest BCUT2D eigenvalue weighted by Gasteiger charge is 2.28. The van der Waals surface area contributed by atoms with E-state index in [2.05, 4.69) is 27.2 Å². The third kappa shape index (κ3) is 4.34. The maximum absolute atomic E-state index is 13.6. The highest BCUT2D eigenvalue weighted by Crippen LogP contribution is 2.36. The first-order valence-corrected chi connectivity index (χ1v) is 15.7. The smallest absolute Gasteiger partial charge is 0.331 e. The Kier molecular flexibility index (Phi) is 7.03. The molecule has 0 radical (unpaired) electrons. The Morgan fingerprint density at radius 1 is 0.750 bits per heavy atom. The van der Waals surface area contributed by atoms with Crippen molar-refractivity contribution in [1.82, 2.24) is 33.8 Å². The minimum absolute atomic E-state index is 0.00934. The molecule has 7 rings (SSSR count). The molecule has 2 saturated heterocycles. The minimum atomic E-state index is -0.282. The number of aryl methyl sites for hydroxylation is 4. The number of piperidine rings is 1. The van der Waals surface area contributed by atoms with Crippen LogP contribution in [-0.4, -0.2) is 67.7 Å². The van der Waals surface area contributed by atoms with Gasteiger partial charge in [-0.2, -0.15) is 0 Å². The highest BCUT2D eigenvalue weighted by molar-refractivity contribution is 6.05. The summed E-state index contributed by atoms with van der Waals surface area (Å²) in [5.41, 5.74) is 2.92. The van der Waals surface area contributed by atoms with Crippen LogP contribution in [0, 0.1) is 6.92 Å². The molecule has 12 heteroatoms. The fraction of sp³-hybridized carbons (Fsp3) is 0.469. The lowest BCUT2D eigenvalue weighted by Gasteiger charge is -2.34. The van der Waals surface area contributed by atoms with E-state index in [1.165, 1.54) is 4.57 Å². The Morgan fingerprint density at radius 2 is 1.32 bits per heavy atom. The van der Waals surface area contributed by atoms with Gasteiger partial charge in [-0.3, -0.25) is 23.1 Å². The SMILES string of the molecule is CCn1c(=O)n(CC)c2cc3c(N4CCC(n5c(=O)c6cc(C)ccc6n(C)c5=O)CC4)nnc(N4CCNCC4)c3cc21. The van der Waals surface area contributed by atoms with Crippen LogP contribution in [0.4, 0.5) is 11.6 Å². The molecule has 0 saturated carbocycles. The topological polar surface area (TPSA) is 115 Å². The van der Waals surface area contributed by atoms with Gasteiger partial charge >= 0.3 is 11.4 Å². The largest absolute Gasteiger partial charge is 0.354 e. The summed E-state index contributed by atoms with van der Waals surface area (Å²) in [6, 6.07) is 9.65. The summed E-state index contributed by atoms with van der Waals surface area (Å²) in [5.74, 6) is 1.61. The predicted octanol–water partition coefficient (Wildman–Crippen LogP) is 2.36. The number of aromatic nitrogens is 6. The van der Waals surface area contributed by atoms with Crippen LogP contribution in [0.5, 0.6) is 0 Å². The molecule has 0 bridgehead atoms. The molecule has 5 aromatic rings. The summed E-state index contributed by atoms with van der Waals surface area (Å²) < 4.78 is 6.68. The molecule has 0 spiro atoms. The Labute approximate surface area is 254 Å². The van der Waals surface area contributed by atoms with Crippen LogP contribution in [0.2, 0.25) is 0 Å². The first-order valence-electron chi connectivity index (χ1n) is 15.7. The lowest BCUT2D eigenvalue weighted by Crippen LogP contribution is -2.46. The van der Waals surface area contributed by atoms with E-state index in [-0.39, 0.29) is 23.0 Å². The number of hydrogen-bond acceptors (Lipinski definition) is 8. The summed E-state index contributed by atoms with van der Waals surface area (Å²) in [4.78, 5) is 44.7. The van der Waals surface area contributed by atoms with Crippen molar-refractivity contribution >= 4 is 44.3 Å². The Morgan fingerprint density at radius 3 is 1.89 bits per heavy atom. The number of hydrogen-bond donors (Lipinski definition) is 1. The average molecular weight is 598 g/mol. The summed E-state index contributed by atoms with van der Waals surface area (Å²) in [5, 5.41) is 15.5. The second-order valence-corrected chi connectivity index (χ2v) is 12.0. The van der Waals surface area contributed by atoms with Crippen molar-refractivity contribution in [3.63, 3.8) is 0 Å². The molecule has 0 unspecified atom stereocenters. The number of anilines is 2. The quantitative estimate of drug-likeness (QED) is 0.329. The molecule has 230 valence electrons. The number of benzene rings is 2. The Hall–Kier alpha value is -4.45. The lowest BCUT2D eigenvalue weighted by molar-refractivity contribution is 0.370. The first-order chi connectivity index (χ1) is 21.3. The molecule has 12 nitrogen and oxygen atoms in total. The van der Waals surface area contributed by atoms with Crippen LogP contribution in [0.1, 0.15) is 38.3 Å². The zero-order valence-corrected chi connectivity index (χ0v) is 25.8. The molecule has 0 atom stereocenters. The molecule has 44 heavy (non-hydrogen) atoms. The third-order valence-electron chi connectivity index (χ3n) is 9.51. The number of fused-ring (bicyclic) bond motifs is 3. The first kappa shape index (κ1) is 28.3. The van der Waals surface area contributed by atoms with Crippen molar-refractivity contribution in [1.29, 1.82) is 0 Å². The average Bonchev–Trinajstić information content (AvgIpc) is 3.32. The maximum atomic E-state index is 13.6. The maximum Gasteiger partial charge on any atom is 0.331 e. The fourth-order valence-corrected chi connectivity index (χ4v) is 7.14. The van der Waals surface area contributed by atoms with Crippen molar-refractivity contribution < 1.29 is 0 Å². The minimum Gasteiger partial charge on any atom is -0.354 e. The number of imidazole rings is 1. The molecule has 0 amide bonds. The van der Waals surface area contributed by atoms with E-state index >= 15 is 0 Å². The summed E-state index contributed by atoms with van der Waals surface area (Å²) in [6.07, 6.45) is 1.26. The van der Waals surface area contributed by atoms with E-state index in [0.717, 1.165) is 65.2 Å². The summed E-state index contributed by atoms with van der Waals surface area (Å²) in [6.45, 7) is 11.8. The molecule has 5 heterocycles. The van der Waals surface area contributed by atoms with E-state index in [4.69, 9.17) is 10.2 Å². The van der Waals surface area contributed by atoms with E-state index < -0.39 is 0 Å². The van der Waals surface area contributed by atoms with Gasteiger partial charge in [-0.05, 0) is 57.9 Å². The van der Waals surface area contributed by atoms with Gasteiger partial charge in [0.05, 0.1) is 21.9 Å². The van der Waals surface area contributed by atoms with E-state index in [1.807, 2.05) is 48.1 Å². The number of nitrogens with zero attached hydrogens (tertiary/aromatic N) is 8. The van der Waals surface area contributed by atoms with Crippen molar-refractivity contribution in [2.45, 2.75) is 52.7 Å². The van der Waals surface area contributed by atoms with Crippen molar-refractivity contribution in [3.05, 3.63) is 67.2 Å². The molecule has 2 aliphatic heterocycles. The van der Waals surface area contributed by atoms with Crippen molar-refractivity contribution in [2.24, 2.45) is 7.05 Å². The van der Waals surface area contributed by atoms with Gasteiger partial charge < -0.3 is 15.1 Å². The zero-order chi connectivity index (χ0) is 30.7. The predicted molar refractivity (Wildman–Crippen MR) is 174 cm³/mol. The number of rotatable bonds is 5. The van der Waals surface area contributed by atoms with Gasteiger partial charge in [0, 0.05) is 76.2 Å². The van der Waals surface area contributed by atoms with Gasteiger partial charge in [-0.15, -0.1) is 10.2 Å². The normalized spacial score (nSPS) is 16.5. The molecule has 1 N–H and O–H groups in total. The lowest BCUT2D eigenvalue weighted by atomic mass is 10.0. The van der Waals surface area contributed by atoms with E-state index in [0.29, 0.717) is 49.9 Å². The van der Waals surface area contributed by atoms with E-state index in [9.17, 15) is 14.4 Å². The zero-order valence-electron chi connectivity index (χ0n) is 25.8. The van der Waals surface area contributed by atoms with Crippen LogP contribution in [0.25, 0.3) is 32.7 Å². The van der Waals surface area contributed by atoms with Gasteiger partial charge in [-0.1, -0.05) is 11.6 Å². The fourth-order valence-electron chi connectivity index (χ4n) is 7.14. The van der Waals surface area contributed by atoms with Gasteiger partial charge in [-0.25, -0.2) is 9.59 Å². The van der Waals surface area contributed by atoms with Crippen LogP contribution in [0.15, 0.2) is 44.7 Å². The number of piperazine rings is 1. The monoisotopic (exact) mass is 597 g/mol. The van der Waals surface area contributed by atoms with Crippen molar-refractivity contribution in [3.8, 4) is 0 Å². The molecule has 2 aliphatic rings. The second-order valence-electron chi connectivity index (χ2n) is 12.0.